The molecule has 9 heteroatoms. The molecule has 0 spiro atoms. The maximum Gasteiger partial charge on any atom is 0.349 e. The number of halogens is 1. The van der Waals surface area contributed by atoms with Crippen molar-refractivity contribution in [3.63, 3.8) is 0 Å². The minimum Gasteiger partial charge on any atom is -0.485 e. The molecule has 0 bridgehead atoms. The second kappa shape index (κ2) is 8.19. The molecule has 0 fully saturated rings. The van der Waals surface area contributed by atoms with Crippen molar-refractivity contribution in [2.75, 3.05) is 5.32 Å². The van der Waals surface area contributed by atoms with Crippen molar-refractivity contribution in [1.29, 1.82) is 0 Å². The van der Waals surface area contributed by atoms with Crippen molar-refractivity contribution in [3.8, 4) is 5.75 Å². The number of nitrogens with zero attached hydrogens (tertiary/aromatic N) is 1. The summed E-state index contributed by atoms with van der Waals surface area (Å²) in [5, 5.41) is 25.2. The summed E-state index contributed by atoms with van der Waals surface area (Å²) in [7, 11) is 0. The summed E-state index contributed by atoms with van der Waals surface area (Å²) in [5.41, 5.74) is 1.34. The highest BCUT2D eigenvalue weighted by Crippen LogP contribution is 2.40. The van der Waals surface area contributed by atoms with Gasteiger partial charge in [-0.3, -0.25) is 10.1 Å². The van der Waals surface area contributed by atoms with E-state index in [1.165, 1.54) is 6.07 Å². The van der Waals surface area contributed by atoms with E-state index in [1.807, 2.05) is 30.3 Å². The Labute approximate surface area is 166 Å². The van der Waals surface area contributed by atoms with E-state index < -0.39 is 10.9 Å². The number of nitro groups is 1. The van der Waals surface area contributed by atoms with E-state index in [0.29, 0.717) is 10.2 Å². The maximum atomic E-state index is 11.5. The third-order valence-electron chi connectivity index (χ3n) is 3.59. The fourth-order valence-electron chi connectivity index (χ4n) is 2.36. The lowest BCUT2D eigenvalue weighted by atomic mass is 10.2. The predicted molar refractivity (Wildman–Crippen MR) is 106 cm³/mol. The number of hydrogen-bond acceptors (Lipinski definition) is 6. The van der Waals surface area contributed by atoms with E-state index in [-0.39, 0.29) is 28.6 Å². The minimum atomic E-state index is -1.12. The molecule has 138 valence electrons. The molecule has 3 aromatic rings. The van der Waals surface area contributed by atoms with Crippen molar-refractivity contribution in [2.24, 2.45) is 0 Å². The quantitative estimate of drug-likeness (QED) is 0.368. The fourth-order valence-corrected chi connectivity index (χ4v) is 3.49. The molecule has 2 aromatic carbocycles. The molecular weight excluding hydrogens is 436 g/mol. The van der Waals surface area contributed by atoms with Crippen LogP contribution in [0.25, 0.3) is 0 Å². The summed E-state index contributed by atoms with van der Waals surface area (Å²) in [4.78, 5) is 22.3. The molecule has 0 radical (unpaired) electrons. The van der Waals surface area contributed by atoms with Crippen molar-refractivity contribution in [3.05, 3.63) is 78.9 Å². The fraction of sp³-hybridized carbons (Fsp3) is 0.0556. The van der Waals surface area contributed by atoms with E-state index in [0.717, 1.165) is 16.9 Å². The number of benzene rings is 2. The van der Waals surface area contributed by atoms with Gasteiger partial charge in [0.05, 0.1) is 10.6 Å². The van der Waals surface area contributed by atoms with Crippen LogP contribution < -0.4 is 10.1 Å². The topological polar surface area (TPSA) is 102 Å². The highest BCUT2D eigenvalue weighted by Gasteiger charge is 2.22. The molecule has 7 nitrogen and oxygen atoms in total. The monoisotopic (exact) mass is 448 g/mol. The highest BCUT2D eigenvalue weighted by molar-refractivity contribution is 9.10. The maximum absolute atomic E-state index is 11.5. The predicted octanol–water partition coefficient (Wildman–Crippen LogP) is 5.44. The van der Waals surface area contributed by atoms with Gasteiger partial charge in [-0.1, -0.05) is 46.3 Å². The van der Waals surface area contributed by atoms with Crippen LogP contribution in [0.4, 0.5) is 17.1 Å². The van der Waals surface area contributed by atoms with E-state index >= 15 is 0 Å². The first-order valence-electron chi connectivity index (χ1n) is 7.68. The number of carboxylic acid groups (broad SMARTS) is 1. The minimum absolute atomic E-state index is 0.0215. The summed E-state index contributed by atoms with van der Waals surface area (Å²) in [5.74, 6) is -0.977. The van der Waals surface area contributed by atoms with Gasteiger partial charge in [-0.15, -0.1) is 11.3 Å². The van der Waals surface area contributed by atoms with E-state index in [1.54, 1.807) is 17.5 Å². The third kappa shape index (κ3) is 4.44. The molecule has 0 amide bonds. The normalized spacial score (nSPS) is 10.4. The SMILES string of the molecule is O=C(O)c1scc(Nc2ccc(Br)cc2[N+](=O)[O-])c1OCc1ccccc1. The van der Waals surface area contributed by atoms with Gasteiger partial charge in [-0.05, 0) is 17.7 Å². The van der Waals surface area contributed by atoms with E-state index in [2.05, 4.69) is 21.2 Å². The van der Waals surface area contributed by atoms with Crippen LogP contribution in [-0.2, 0) is 6.61 Å². The average Bonchev–Trinajstić information content (AvgIpc) is 3.05. The Morgan fingerprint density at radius 1 is 1.22 bits per heavy atom. The molecule has 3 rings (SSSR count). The Morgan fingerprint density at radius 2 is 1.96 bits per heavy atom. The van der Waals surface area contributed by atoms with E-state index in [9.17, 15) is 20.0 Å². The number of ether oxygens (including phenoxy) is 1. The molecule has 0 aliphatic rings. The van der Waals surface area contributed by atoms with Crippen molar-refractivity contribution < 1.29 is 19.6 Å². The Hall–Kier alpha value is -2.91. The number of thiophene rings is 1. The average molecular weight is 449 g/mol. The summed E-state index contributed by atoms with van der Waals surface area (Å²) in [6, 6.07) is 13.9. The molecule has 1 heterocycles. The lowest BCUT2D eigenvalue weighted by Gasteiger charge is -2.11. The number of anilines is 2. The number of nitrogens with one attached hydrogen (secondary N) is 1. The zero-order chi connectivity index (χ0) is 19.4. The number of carboxylic acids is 1. The molecule has 0 aliphatic heterocycles. The largest absolute Gasteiger partial charge is 0.485 e. The second-order valence-corrected chi connectivity index (χ2v) is 7.23. The molecule has 0 atom stereocenters. The zero-order valence-electron chi connectivity index (χ0n) is 13.7. The number of aromatic carboxylic acids is 1. The number of rotatable bonds is 7. The van der Waals surface area contributed by atoms with Gasteiger partial charge < -0.3 is 15.2 Å². The van der Waals surface area contributed by atoms with Gasteiger partial charge in [0, 0.05) is 15.9 Å². The van der Waals surface area contributed by atoms with Gasteiger partial charge >= 0.3 is 5.97 Å². The molecule has 0 saturated carbocycles. The van der Waals surface area contributed by atoms with Gasteiger partial charge in [0.2, 0.25) is 0 Å². The number of nitro benzene ring substituents is 1. The summed E-state index contributed by atoms with van der Waals surface area (Å²) >= 11 is 4.20. The van der Waals surface area contributed by atoms with Gasteiger partial charge in [0.15, 0.2) is 10.6 Å². The van der Waals surface area contributed by atoms with Crippen molar-refractivity contribution >= 4 is 50.3 Å². The van der Waals surface area contributed by atoms with Crippen LogP contribution >= 0.6 is 27.3 Å². The van der Waals surface area contributed by atoms with E-state index in [4.69, 9.17) is 4.74 Å². The lowest BCUT2D eigenvalue weighted by Crippen LogP contribution is -2.03. The first kappa shape index (κ1) is 18.9. The van der Waals surface area contributed by atoms with Gasteiger partial charge in [-0.2, -0.15) is 0 Å². The zero-order valence-corrected chi connectivity index (χ0v) is 16.1. The lowest BCUT2D eigenvalue weighted by molar-refractivity contribution is -0.384. The summed E-state index contributed by atoms with van der Waals surface area (Å²) in [6.07, 6.45) is 0. The molecule has 1 aromatic heterocycles. The Kier molecular flexibility index (Phi) is 5.72. The number of hydrogen-bond donors (Lipinski definition) is 2. The molecular formula is C18H13BrN2O5S. The van der Waals surface area contributed by atoms with Crippen LogP contribution in [0.5, 0.6) is 5.75 Å². The van der Waals surface area contributed by atoms with Crippen molar-refractivity contribution in [1.82, 2.24) is 0 Å². The highest BCUT2D eigenvalue weighted by atomic mass is 79.9. The first-order valence-corrected chi connectivity index (χ1v) is 9.35. The van der Waals surface area contributed by atoms with Crippen LogP contribution in [0, 0.1) is 10.1 Å². The summed E-state index contributed by atoms with van der Waals surface area (Å²) in [6.45, 7) is 0.176. The van der Waals surface area contributed by atoms with Crippen molar-refractivity contribution in [2.45, 2.75) is 6.61 Å². The molecule has 0 saturated heterocycles. The third-order valence-corrected chi connectivity index (χ3v) is 5.03. The number of carbonyl (C=O) groups is 1. The van der Waals surface area contributed by atoms with Gasteiger partial charge in [0.25, 0.3) is 5.69 Å². The first-order chi connectivity index (χ1) is 13.0. The van der Waals surface area contributed by atoms with Gasteiger partial charge in [-0.25, -0.2) is 4.79 Å². The molecule has 0 unspecified atom stereocenters. The molecule has 2 N–H and O–H groups in total. The smallest absolute Gasteiger partial charge is 0.349 e. The second-order valence-electron chi connectivity index (χ2n) is 5.43. The van der Waals surface area contributed by atoms with Crippen LogP contribution in [-0.4, -0.2) is 16.0 Å². The standard InChI is InChI=1S/C18H13BrN2O5S/c19-12-6-7-13(15(8-12)21(24)25)20-14-10-27-17(18(22)23)16(14)26-9-11-4-2-1-3-5-11/h1-8,10,20H,9H2,(H,22,23). The Bertz CT molecular complexity index is 991. The van der Waals surface area contributed by atoms with Crippen LogP contribution in [0.3, 0.4) is 0 Å². The van der Waals surface area contributed by atoms with Gasteiger partial charge in [0.1, 0.15) is 12.3 Å². The summed E-state index contributed by atoms with van der Waals surface area (Å²) < 4.78 is 6.31. The van der Waals surface area contributed by atoms with Crippen LogP contribution in [0.1, 0.15) is 15.2 Å². The van der Waals surface area contributed by atoms with Crippen LogP contribution in [0.2, 0.25) is 0 Å². The molecule has 27 heavy (non-hydrogen) atoms. The Balaban J connectivity index is 1.92. The van der Waals surface area contributed by atoms with Crippen LogP contribution in [0.15, 0.2) is 58.4 Å². The Morgan fingerprint density at radius 3 is 2.63 bits per heavy atom. The molecule has 0 aliphatic carbocycles.